The molecule has 0 aliphatic rings. The number of methoxy groups -OCH3 is 3. The van der Waals surface area contributed by atoms with Crippen molar-refractivity contribution in [3.05, 3.63) is 24.3 Å². The van der Waals surface area contributed by atoms with Crippen molar-refractivity contribution in [2.75, 3.05) is 26.6 Å². The zero-order valence-corrected chi connectivity index (χ0v) is 11.8. The van der Waals surface area contributed by atoms with Crippen LogP contribution in [0.4, 0.5) is 5.69 Å². The molecule has 0 aliphatic heterocycles. The zero-order valence-electron chi connectivity index (χ0n) is 11.8. The van der Waals surface area contributed by atoms with E-state index in [1.54, 1.807) is 28.3 Å². The summed E-state index contributed by atoms with van der Waals surface area (Å²) in [4.78, 5) is 0. The summed E-state index contributed by atoms with van der Waals surface area (Å²) in [7, 11) is 4.71. The van der Waals surface area contributed by atoms with E-state index in [0.29, 0.717) is 6.42 Å². The van der Waals surface area contributed by atoms with Gasteiger partial charge in [0.15, 0.2) is 6.29 Å². The fourth-order valence-corrected chi connectivity index (χ4v) is 1.74. The van der Waals surface area contributed by atoms with Crippen molar-refractivity contribution in [2.24, 2.45) is 0 Å². The molecule has 1 N–H and O–H groups in total. The van der Waals surface area contributed by atoms with E-state index >= 15 is 0 Å². The average Bonchev–Trinajstić information content (AvgIpc) is 2.45. The van der Waals surface area contributed by atoms with Crippen molar-refractivity contribution in [3.8, 4) is 11.8 Å². The Morgan fingerprint density at radius 3 is 2.53 bits per heavy atom. The molecule has 1 unspecified atom stereocenters. The monoisotopic (exact) mass is 264 g/mol. The number of benzene rings is 1. The summed E-state index contributed by atoms with van der Waals surface area (Å²) in [6.07, 6.45) is -0.0176. The Morgan fingerprint density at radius 2 is 2.00 bits per heavy atom. The molecule has 5 nitrogen and oxygen atoms in total. The van der Waals surface area contributed by atoms with Crippen molar-refractivity contribution < 1.29 is 14.2 Å². The van der Waals surface area contributed by atoms with Crippen LogP contribution in [0.2, 0.25) is 0 Å². The molecule has 1 rings (SSSR count). The normalized spacial score (nSPS) is 13.7. The number of nitriles is 1. The van der Waals surface area contributed by atoms with Crippen molar-refractivity contribution in [3.63, 3.8) is 0 Å². The molecular formula is C14H20N2O3. The highest BCUT2D eigenvalue weighted by Gasteiger charge is 2.28. The maximum Gasteiger partial charge on any atom is 0.160 e. The molecule has 0 radical (unpaired) electrons. The van der Waals surface area contributed by atoms with Gasteiger partial charge in [-0.1, -0.05) is 6.07 Å². The molecule has 19 heavy (non-hydrogen) atoms. The molecule has 1 aromatic carbocycles. The van der Waals surface area contributed by atoms with Gasteiger partial charge in [0, 0.05) is 32.4 Å². The lowest BCUT2D eigenvalue weighted by molar-refractivity contribution is -0.110. The molecule has 104 valence electrons. The summed E-state index contributed by atoms with van der Waals surface area (Å²) >= 11 is 0. The number of nitrogens with zero attached hydrogens (tertiary/aromatic N) is 1. The average molecular weight is 264 g/mol. The highest BCUT2D eigenvalue weighted by atomic mass is 16.7. The van der Waals surface area contributed by atoms with E-state index in [9.17, 15) is 5.26 Å². The van der Waals surface area contributed by atoms with Crippen LogP contribution in [0.25, 0.3) is 0 Å². The van der Waals surface area contributed by atoms with Crippen molar-refractivity contribution >= 4 is 5.69 Å². The fourth-order valence-electron chi connectivity index (χ4n) is 1.74. The van der Waals surface area contributed by atoms with Crippen LogP contribution in [0, 0.1) is 11.3 Å². The Labute approximate surface area is 114 Å². The lowest BCUT2D eigenvalue weighted by atomic mass is 9.99. The minimum absolute atomic E-state index is 0.410. The van der Waals surface area contributed by atoms with Gasteiger partial charge in [-0.15, -0.1) is 0 Å². The first-order chi connectivity index (χ1) is 9.06. The van der Waals surface area contributed by atoms with Gasteiger partial charge in [-0.3, -0.25) is 0 Å². The van der Waals surface area contributed by atoms with E-state index in [2.05, 4.69) is 11.4 Å². The van der Waals surface area contributed by atoms with Crippen LogP contribution in [-0.2, 0) is 9.47 Å². The summed E-state index contributed by atoms with van der Waals surface area (Å²) in [5.74, 6) is 0.736. The third-order valence-corrected chi connectivity index (χ3v) is 2.84. The Morgan fingerprint density at radius 1 is 1.32 bits per heavy atom. The van der Waals surface area contributed by atoms with Crippen LogP contribution >= 0.6 is 0 Å². The molecule has 0 saturated heterocycles. The summed E-state index contributed by atoms with van der Waals surface area (Å²) in [6.45, 7) is 1.80. The lowest BCUT2D eigenvalue weighted by Crippen LogP contribution is -2.38. The van der Waals surface area contributed by atoms with Crippen molar-refractivity contribution in [1.29, 1.82) is 5.26 Å². The predicted molar refractivity (Wildman–Crippen MR) is 73.1 cm³/mol. The zero-order chi connectivity index (χ0) is 14.3. The highest BCUT2D eigenvalue weighted by molar-refractivity contribution is 5.51. The molecule has 5 heteroatoms. The second kappa shape index (κ2) is 6.98. The summed E-state index contributed by atoms with van der Waals surface area (Å²) < 4.78 is 15.4. The highest BCUT2D eigenvalue weighted by Crippen LogP contribution is 2.23. The number of nitrogens with one attached hydrogen (secondary N) is 1. The molecule has 0 aromatic heterocycles. The number of anilines is 1. The Bertz CT molecular complexity index is 441. The largest absolute Gasteiger partial charge is 0.497 e. The third kappa shape index (κ3) is 4.43. The molecule has 0 spiro atoms. The first-order valence-corrected chi connectivity index (χ1v) is 5.96. The van der Waals surface area contributed by atoms with Gasteiger partial charge in [-0.25, -0.2) is 0 Å². The number of hydrogen-bond donors (Lipinski definition) is 1. The van der Waals surface area contributed by atoms with Gasteiger partial charge in [0.05, 0.1) is 13.2 Å². The van der Waals surface area contributed by atoms with Crippen molar-refractivity contribution in [2.45, 2.75) is 25.2 Å². The van der Waals surface area contributed by atoms with Crippen molar-refractivity contribution in [1.82, 2.24) is 0 Å². The van der Waals surface area contributed by atoms with Crippen LogP contribution < -0.4 is 10.1 Å². The van der Waals surface area contributed by atoms with Gasteiger partial charge in [0.25, 0.3) is 0 Å². The number of ether oxygens (including phenoxy) is 3. The lowest BCUT2D eigenvalue weighted by Gasteiger charge is -2.28. The molecule has 1 aromatic rings. The first-order valence-electron chi connectivity index (χ1n) is 5.96. The second-order valence-corrected chi connectivity index (χ2v) is 4.41. The van der Waals surface area contributed by atoms with Gasteiger partial charge < -0.3 is 19.5 Å². The molecule has 0 saturated carbocycles. The van der Waals surface area contributed by atoms with Crippen LogP contribution in [0.1, 0.15) is 13.3 Å². The molecule has 0 fully saturated rings. The predicted octanol–water partition coefficient (Wildman–Crippen LogP) is 2.40. The number of rotatable bonds is 7. The minimum atomic E-state index is -0.789. The molecule has 0 bridgehead atoms. The molecule has 1 atom stereocenters. The summed E-state index contributed by atoms with van der Waals surface area (Å²) in [5.41, 5.74) is 0.0256. The Balaban J connectivity index is 2.82. The molecule has 0 aliphatic carbocycles. The smallest absolute Gasteiger partial charge is 0.160 e. The fraction of sp³-hybridized carbons (Fsp3) is 0.500. The van der Waals surface area contributed by atoms with Gasteiger partial charge in [0.2, 0.25) is 0 Å². The summed E-state index contributed by atoms with van der Waals surface area (Å²) in [6, 6.07) is 9.68. The topological polar surface area (TPSA) is 63.5 Å². The Hall–Kier alpha value is -1.77. The van der Waals surface area contributed by atoms with E-state index in [1.165, 1.54) is 0 Å². The van der Waals surface area contributed by atoms with Crippen LogP contribution in [-0.4, -0.2) is 33.2 Å². The van der Waals surface area contributed by atoms with E-state index in [4.69, 9.17) is 14.2 Å². The standard InChI is InChI=1S/C14H20N2O3/c1-14(10-15,9-13(18-3)19-4)16-11-6-5-7-12(8-11)17-2/h5-8,13,16H,9H2,1-4H3. The third-order valence-electron chi connectivity index (χ3n) is 2.84. The van der Waals surface area contributed by atoms with E-state index in [1.807, 2.05) is 24.3 Å². The van der Waals surface area contributed by atoms with Crippen LogP contribution in [0.15, 0.2) is 24.3 Å². The van der Waals surface area contributed by atoms with Gasteiger partial charge in [0.1, 0.15) is 11.3 Å². The maximum absolute atomic E-state index is 9.36. The minimum Gasteiger partial charge on any atom is -0.497 e. The van der Waals surface area contributed by atoms with Gasteiger partial charge in [-0.2, -0.15) is 5.26 Å². The van der Waals surface area contributed by atoms with Crippen LogP contribution in [0.5, 0.6) is 5.75 Å². The van der Waals surface area contributed by atoms with E-state index < -0.39 is 11.8 Å². The maximum atomic E-state index is 9.36. The first kappa shape index (κ1) is 15.3. The molecule has 0 heterocycles. The van der Waals surface area contributed by atoms with E-state index in [0.717, 1.165) is 11.4 Å². The SMILES string of the molecule is COc1cccc(NC(C)(C#N)CC(OC)OC)c1. The molecular weight excluding hydrogens is 244 g/mol. The number of hydrogen-bond acceptors (Lipinski definition) is 5. The van der Waals surface area contributed by atoms with Gasteiger partial charge in [-0.05, 0) is 19.1 Å². The van der Waals surface area contributed by atoms with Gasteiger partial charge >= 0.3 is 0 Å². The van der Waals surface area contributed by atoms with Crippen LogP contribution in [0.3, 0.4) is 0 Å². The molecule has 0 amide bonds. The summed E-state index contributed by atoms with van der Waals surface area (Å²) in [5, 5.41) is 12.5. The second-order valence-electron chi connectivity index (χ2n) is 4.41. The van der Waals surface area contributed by atoms with E-state index in [-0.39, 0.29) is 0 Å². The Kier molecular flexibility index (Phi) is 5.61. The quantitative estimate of drug-likeness (QED) is 0.766.